The molecule has 2 heterocycles. The number of carbonyl (C=O) groups is 1. The zero-order chi connectivity index (χ0) is 16.1. The molecule has 1 aromatic heterocycles. The van der Waals surface area contributed by atoms with Crippen LogP contribution >= 0.6 is 11.8 Å². The van der Waals surface area contributed by atoms with Gasteiger partial charge in [-0.2, -0.15) is 5.10 Å². The molecule has 1 saturated carbocycles. The van der Waals surface area contributed by atoms with Crippen LogP contribution in [0.15, 0.2) is 12.1 Å². The van der Waals surface area contributed by atoms with Crippen LogP contribution in [0.1, 0.15) is 44.2 Å². The molecular formula is C17H25N3O2S. The number of amides is 1. The van der Waals surface area contributed by atoms with Gasteiger partial charge in [-0.05, 0) is 25.8 Å². The minimum atomic E-state index is 0.138. The number of thioether (sulfide) groups is 1. The number of rotatable bonds is 5. The van der Waals surface area contributed by atoms with E-state index in [0.717, 1.165) is 31.6 Å². The fraction of sp³-hybridized carbons (Fsp3) is 0.706. The molecule has 1 amide bonds. The largest absolute Gasteiger partial charge is 0.473 e. The summed E-state index contributed by atoms with van der Waals surface area (Å²) < 4.78 is 5.86. The molecule has 0 aromatic carbocycles. The standard InChI is InChI=1S/C17H25N3O2S/c1-13-6-7-16(19-18-13)22-14-8-10-20(11-9-14)17(21)12-23-15-4-2-3-5-15/h6-7,14-15H,2-5,8-12H2,1H3. The average Bonchev–Trinajstić information content (AvgIpc) is 3.09. The van der Waals surface area contributed by atoms with Crippen molar-refractivity contribution < 1.29 is 9.53 Å². The lowest BCUT2D eigenvalue weighted by Crippen LogP contribution is -2.42. The minimum absolute atomic E-state index is 0.138. The number of likely N-dealkylation sites (tertiary alicyclic amines) is 1. The highest BCUT2D eigenvalue weighted by atomic mass is 32.2. The molecule has 0 radical (unpaired) electrons. The Morgan fingerprint density at radius 1 is 1.22 bits per heavy atom. The second kappa shape index (κ2) is 7.99. The summed E-state index contributed by atoms with van der Waals surface area (Å²) in [5.74, 6) is 1.51. The van der Waals surface area contributed by atoms with E-state index in [1.54, 1.807) is 0 Å². The Bertz CT molecular complexity index is 509. The number of ether oxygens (including phenoxy) is 1. The summed E-state index contributed by atoms with van der Waals surface area (Å²) in [4.78, 5) is 14.3. The zero-order valence-corrected chi connectivity index (χ0v) is 14.6. The molecule has 5 nitrogen and oxygen atoms in total. The molecule has 0 bridgehead atoms. The van der Waals surface area contributed by atoms with Crippen LogP contribution in [-0.2, 0) is 4.79 Å². The molecule has 0 spiro atoms. The van der Waals surface area contributed by atoms with Gasteiger partial charge < -0.3 is 9.64 Å². The number of hydrogen-bond donors (Lipinski definition) is 0. The van der Waals surface area contributed by atoms with Gasteiger partial charge in [-0.3, -0.25) is 4.79 Å². The van der Waals surface area contributed by atoms with Crippen molar-refractivity contribution in [3.8, 4) is 5.88 Å². The van der Waals surface area contributed by atoms with Crippen molar-refractivity contribution in [2.45, 2.75) is 56.8 Å². The molecule has 23 heavy (non-hydrogen) atoms. The van der Waals surface area contributed by atoms with Crippen LogP contribution < -0.4 is 4.74 Å². The first-order valence-electron chi connectivity index (χ1n) is 8.57. The second-order valence-electron chi connectivity index (χ2n) is 6.43. The van der Waals surface area contributed by atoms with Gasteiger partial charge in [0.25, 0.3) is 0 Å². The number of nitrogens with zero attached hydrogens (tertiary/aromatic N) is 3. The Labute approximate surface area is 142 Å². The van der Waals surface area contributed by atoms with Crippen molar-refractivity contribution in [3.63, 3.8) is 0 Å². The van der Waals surface area contributed by atoms with Gasteiger partial charge in [0.15, 0.2) is 0 Å². The van der Waals surface area contributed by atoms with Crippen molar-refractivity contribution in [2.75, 3.05) is 18.8 Å². The van der Waals surface area contributed by atoms with Crippen molar-refractivity contribution in [1.29, 1.82) is 0 Å². The molecule has 2 aliphatic rings. The lowest BCUT2D eigenvalue weighted by atomic mass is 10.1. The molecule has 126 valence electrons. The molecule has 2 fully saturated rings. The predicted molar refractivity (Wildman–Crippen MR) is 91.7 cm³/mol. The third-order valence-electron chi connectivity index (χ3n) is 4.60. The summed E-state index contributed by atoms with van der Waals surface area (Å²) in [5, 5.41) is 8.76. The lowest BCUT2D eigenvalue weighted by Gasteiger charge is -2.32. The second-order valence-corrected chi connectivity index (χ2v) is 7.72. The Morgan fingerprint density at radius 3 is 2.61 bits per heavy atom. The first-order valence-corrected chi connectivity index (χ1v) is 9.62. The van der Waals surface area contributed by atoms with Gasteiger partial charge in [0.1, 0.15) is 6.10 Å². The normalized spacial score (nSPS) is 20.0. The van der Waals surface area contributed by atoms with Crippen LogP contribution in [0.25, 0.3) is 0 Å². The summed E-state index contributed by atoms with van der Waals surface area (Å²) >= 11 is 1.85. The summed E-state index contributed by atoms with van der Waals surface area (Å²) in [7, 11) is 0. The quantitative estimate of drug-likeness (QED) is 0.828. The topological polar surface area (TPSA) is 55.3 Å². The molecule has 1 aromatic rings. The molecule has 1 aliphatic heterocycles. The molecule has 0 unspecified atom stereocenters. The summed E-state index contributed by atoms with van der Waals surface area (Å²) in [6, 6.07) is 3.76. The Morgan fingerprint density at radius 2 is 1.96 bits per heavy atom. The first kappa shape index (κ1) is 16.6. The fourth-order valence-corrected chi connectivity index (χ4v) is 4.41. The maximum absolute atomic E-state index is 12.3. The van der Waals surface area contributed by atoms with E-state index in [1.165, 1.54) is 25.7 Å². The van der Waals surface area contributed by atoms with E-state index < -0.39 is 0 Å². The van der Waals surface area contributed by atoms with E-state index in [1.807, 2.05) is 35.7 Å². The monoisotopic (exact) mass is 335 g/mol. The lowest BCUT2D eigenvalue weighted by molar-refractivity contribution is -0.130. The van der Waals surface area contributed by atoms with Crippen molar-refractivity contribution in [3.05, 3.63) is 17.8 Å². The van der Waals surface area contributed by atoms with Gasteiger partial charge in [0.05, 0.1) is 11.4 Å². The molecular weight excluding hydrogens is 310 g/mol. The molecule has 1 saturated heterocycles. The van der Waals surface area contributed by atoms with E-state index in [9.17, 15) is 4.79 Å². The van der Waals surface area contributed by atoms with Gasteiger partial charge in [-0.15, -0.1) is 16.9 Å². The molecule has 0 atom stereocenters. The third kappa shape index (κ3) is 4.83. The van der Waals surface area contributed by atoms with Gasteiger partial charge >= 0.3 is 0 Å². The Kier molecular flexibility index (Phi) is 5.75. The fourth-order valence-electron chi connectivity index (χ4n) is 3.18. The smallest absolute Gasteiger partial charge is 0.233 e. The van der Waals surface area contributed by atoms with Crippen LogP contribution in [0.3, 0.4) is 0 Å². The van der Waals surface area contributed by atoms with E-state index in [2.05, 4.69) is 10.2 Å². The maximum atomic E-state index is 12.3. The van der Waals surface area contributed by atoms with E-state index >= 15 is 0 Å². The van der Waals surface area contributed by atoms with Crippen molar-refractivity contribution in [1.82, 2.24) is 15.1 Å². The van der Waals surface area contributed by atoms with Crippen LogP contribution in [0, 0.1) is 6.92 Å². The molecule has 3 rings (SSSR count). The maximum Gasteiger partial charge on any atom is 0.233 e. The predicted octanol–water partition coefficient (Wildman–Crippen LogP) is 2.83. The summed E-state index contributed by atoms with van der Waals surface area (Å²) in [6.07, 6.45) is 7.10. The Hall–Kier alpha value is -1.30. The van der Waals surface area contributed by atoms with Gasteiger partial charge in [-0.25, -0.2) is 0 Å². The molecule has 0 N–H and O–H groups in total. The first-order chi connectivity index (χ1) is 11.2. The van der Waals surface area contributed by atoms with E-state index in [4.69, 9.17) is 4.74 Å². The van der Waals surface area contributed by atoms with Crippen LogP contribution in [0.5, 0.6) is 5.88 Å². The van der Waals surface area contributed by atoms with Crippen molar-refractivity contribution >= 4 is 17.7 Å². The van der Waals surface area contributed by atoms with Crippen LogP contribution in [0.4, 0.5) is 0 Å². The molecule has 1 aliphatic carbocycles. The van der Waals surface area contributed by atoms with Gasteiger partial charge in [-0.1, -0.05) is 12.8 Å². The third-order valence-corrected chi connectivity index (χ3v) is 5.96. The molecule has 6 heteroatoms. The van der Waals surface area contributed by atoms with Crippen LogP contribution in [0.2, 0.25) is 0 Å². The number of hydrogen-bond acceptors (Lipinski definition) is 5. The number of piperidine rings is 1. The van der Waals surface area contributed by atoms with Crippen molar-refractivity contribution in [2.24, 2.45) is 0 Å². The minimum Gasteiger partial charge on any atom is -0.473 e. The average molecular weight is 335 g/mol. The summed E-state index contributed by atoms with van der Waals surface area (Å²) in [6.45, 7) is 3.48. The highest BCUT2D eigenvalue weighted by Gasteiger charge is 2.25. The van der Waals surface area contributed by atoms with Gasteiger partial charge in [0.2, 0.25) is 11.8 Å². The van der Waals surface area contributed by atoms with Crippen LogP contribution in [-0.4, -0.2) is 51.2 Å². The summed E-state index contributed by atoms with van der Waals surface area (Å²) in [5.41, 5.74) is 0.887. The zero-order valence-electron chi connectivity index (χ0n) is 13.7. The SMILES string of the molecule is Cc1ccc(OC2CCN(C(=O)CSC3CCCC3)CC2)nn1. The highest BCUT2D eigenvalue weighted by molar-refractivity contribution is 8.00. The van der Waals surface area contributed by atoms with E-state index in [0.29, 0.717) is 16.9 Å². The van der Waals surface area contributed by atoms with E-state index in [-0.39, 0.29) is 12.0 Å². The van der Waals surface area contributed by atoms with Gasteiger partial charge in [0, 0.05) is 37.2 Å². The number of carbonyl (C=O) groups excluding carboxylic acids is 1. The Balaban J connectivity index is 1.39. The number of aryl methyl sites for hydroxylation is 1. The highest BCUT2D eigenvalue weighted by Crippen LogP contribution is 2.29. The number of aromatic nitrogens is 2.